The van der Waals surface area contributed by atoms with Crippen LogP contribution in [0.15, 0.2) is 24.3 Å². The van der Waals surface area contributed by atoms with Crippen molar-refractivity contribution in [3.63, 3.8) is 0 Å². The lowest BCUT2D eigenvalue weighted by Gasteiger charge is -2.23. The number of rotatable bonds is 10. The van der Waals surface area contributed by atoms with E-state index in [0.717, 1.165) is 26.1 Å². The van der Waals surface area contributed by atoms with Gasteiger partial charge >= 0.3 is 0 Å². The average molecular weight is 292 g/mol. The lowest BCUT2D eigenvalue weighted by atomic mass is 10.1. The fourth-order valence-corrected chi connectivity index (χ4v) is 2.19. The molecule has 0 aliphatic heterocycles. The number of ketones is 1. The average Bonchev–Trinajstić information content (AvgIpc) is 2.45. The molecule has 0 aromatic heterocycles. The van der Waals surface area contributed by atoms with E-state index in [9.17, 15) is 4.79 Å². The zero-order valence-corrected chi connectivity index (χ0v) is 13.8. The van der Waals surface area contributed by atoms with Gasteiger partial charge in [0.15, 0.2) is 5.78 Å². The predicted molar refractivity (Wildman–Crippen MR) is 87.2 cm³/mol. The summed E-state index contributed by atoms with van der Waals surface area (Å²) in [6, 6.07) is 7.50. The number of para-hydroxylation sites is 1. The van der Waals surface area contributed by atoms with Crippen LogP contribution in [0.4, 0.5) is 0 Å². The molecular formula is C17H28N2O2. The van der Waals surface area contributed by atoms with Crippen LogP contribution in [-0.4, -0.2) is 62.5 Å². The molecule has 0 aliphatic carbocycles. The Morgan fingerprint density at radius 2 is 1.81 bits per heavy atom. The van der Waals surface area contributed by atoms with E-state index >= 15 is 0 Å². The second-order valence-electron chi connectivity index (χ2n) is 5.43. The van der Waals surface area contributed by atoms with Crippen LogP contribution in [0.3, 0.4) is 0 Å². The van der Waals surface area contributed by atoms with Crippen LogP contribution in [0.5, 0.6) is 5.75 Å². The number of ether oxygens (including phenoxy) is 1. The van der Waals surface area contributed by atoms with Crippen molar-refractivity contribution in [2.45, 2.75) is 20.3 Å². The van der Waals surface area contributed by atoms with E-state index in [4.69, 9.17) is 4.74 Å². The molecule has 0 N–H and O–H groups in total. The molecule has 0 atom stereocenters. The summed E-state index contributed by atoms with van der Waals surface area (Å²) in [6.07, 6.45) is 1.05. The molecule has 1 rings (SSSR count). The van der Waals surface area contributed by atoms with Crippen molar-refractivity contribution in [1.29, 1.82) is 0 Å². The van der Waals surface area contributed by atoms with Crippen molar-refractivity contribution < 1.29 is 9.53 Å². The van der Waals surface area contributed by atoms with E-state index < -0.39 is 0 Å². The highest BCUT2D eigenvalue weighted by molar-refractivity contribution is 6.00. The van der Waals surface area contributed by atoms with Crippen molar-refractivity contribution >= 4 is 5.78 Å². The van der Waals surface area contributed by atoms with Crippen LogP contribution in [-0.2, 0) is 0 Å². The second-order valence-corrected chi connectivity index (χ2v) is 5.43. The first-order valence-corrected chi connectivity index (χ1v) is 7.70. The topological polar surface area (TPSA) is 32.8 Å². The Balaban J connectivity index is 2.72. The van der Waals surface area contributed by atoms with Crippen LogP contribution in [0, 0.1) is 0 Å². The summed E-state index contributed by atoms with van der Waals surface area (Å²) in [4.78, 5) is 16.9. The Morgan fingerprint density at radius 3 is 2.43 bits per heavy atom. The molecule has 0 bridgehead atoms. The van der Waals surface area contributed by atoms with E-state index in [-0.39, 0.29) is 5.78 Å². The maximum atomic E-state index is 12.5. The lowest BCUT2D eigenvalue weighted by Crippen LogP contribution is -2.36. The van der Waals surface area contributed by atoms with E-state index in [2.05, 4.69) is 30.8 Å². The molecule has 0 heterocycles. The SMILES string of the molecule is CCCN(CCN(C)C)CC(=O)c1ccccc1OCC. The first-order valence-electron chi connectivity index (χ1n) is 7.70. The summed E-state index contributed by atoms with van der Waals surface area (Å²) in [7, 11) is 4.10. The van der Waals surface area contributed by atoms with Crippen LogP contribution >= 0.6 is 0 Å². The van der Waals surface area contributed by atoms with Crippen molar-refractivity contribution in [1.82, 2.24) is 9.80 Å². The zero-order valence-electron chi connectivity index (χ0n) is 13.8. The highest BCUT2D eigenvalue weighted by atomic mass is 16.5. The summed E-state index contributed by atoms with van der Waals surface area (Å²) in [5.41, 5.74) is 0.685. The second kappa shape index (κ2) is 9.53. The standard InChI is InChI=1S/C17H28N2O2/c1-5-11-19(13-12-18(3)4)14-16(20)15-9-7-8-10-17(15)21-6-2/h7-10H,5-6,11-14H2,1-4H3. The van der Waals surface area contributed by atoms with Crippen molar-refractivity contribution in [3.05, 3.63) is 29.8 Å². The van der Waals surface area contributed by atoms with E-state index in [0.29, 0.717) is 24.5 Å². The van der Waals surface area contributed by atoms with Gasteiger partial charge in [0.25, 0.3) is 0 Å². The normalized spacial score (nSPS) is 11.1. The Labute approximate surface area is 128 Å². The van der Waals surface area contributed by atoms with E-state index in [1.165, 1.54) is 0 Å². The molecular weight excluding hydrogens is 264 g/mol. The van der Waals surface area contributed by atoms with Gasteiger partial charge in [-0.05, 0) is 46.1 Å². The number of hydrogen-bond donors (Lipinski definition) is 0. The number of Topliss-reactive ketones (excluding diaryl/α,β-unsaturated/α-hetero) is 1. The van der Waals surface area contributed by atoms with Gasteiger partial charge in [-0.3, -0.25) is 9.69 Å². The smallest absolute Gasteiger partial charge is 0.180 e. The van der Waals surface area contributed by atoms with Gasteiger partial charge in [-0.15, -0.1) is 0 Å². The summed E-state index contributed by atoms with van der Waals surface area (Å²) in [5, 5.41) is 0. The van der Waals surface area contributed by atoms with Crippen LogP contribution in [0.1, 0.15) is 30.6 Å². The monoisotopic (exact) mass is 292 g/mol. The minimum atomic E-state index is 0.131. The third-order valence-corrected chi connectivity index (χ3v) is 3.26. The van der Waals surface area contributed by atoms with Crippen LogP contribution in [0.2, 0.25) is 0 Å². The summed E-state index contributed by atoms with van der Waals surface area (Å²) in [5.74, 6) is 0.820. The Hall–Kier alpha value is -1.39. The molecule has 0 saturated heterocycles. The van der Waals surface area contributed by atoms with Gasteiger partial charge in [0.2, 0.25) is 0 Å². The molecule has 0 saturated carbocycles. The maximum absolute atomic E-state index is 12.5. The zero-order chi connectivity index (χ0) is 15.7. The third kappa shape index (κ3) is 6.27. The first kappa shape index (κ1) is 17.7. The van der Waals surface area contributed by atoms with Crippen molar-refractivity contribution in [3.8, 4) is 5.75 Å². The van der Waals surface area contributed by atoms with Gasteiger partial charge in [-0.2, -0.15) is 0 Å². The highest BCUT2D eigenvalue weighted by Crippen LogP contribution is 2.18. The van der Waals surface area contributed by atoms with Gasteiger partial charge in [0.1, 0.15) is 5.75 Å². The Morgan fingerprint density at radius 1 is 1.10 bits per heavy atom. The predicted octanol–water partition coefficient (Wildman–Crippen LogP) is 2.54. The summed E-state index contributed by atoms with van der Waals surface area (Å²) < 4.78 is 5.55. The molecule has 1 aromatic rings. The Bertz CT molecular complexity index is 433. The number of nitrogens with zero attached hydrogens (tertiary/aromatic N) is 2. The Kier molecular flexibility index (Phi) is 8.01. The molecule has 0 aliphatic rings. The number of hydrogen-bond acceptors (Lipinski definition) is 4. The molecule has 0 spiro atoms. The van der Waals surface area contributed by atoms with E-state index in [1.807, 2.05) is 31.2 Å². The van der Waals surface area contributed by atoms with Gasteiger partial charge in [0, 0.05) is 13.1 Å². The maximum Gasteiger partial charge on any atom is 0.180 e. The molecule has 0 radical (unpaired) electrons. The largest absolute Gasteiger partial charge is 0.493 e. The molecule has 4 heteroatoms. The first-order chi connectivity index (χ1) is 10.1. The number of benzene rings is 1. The highest BCUT2D eigenvalue weighted by Gasteiger charge is 2.15. The van der Waals surface area contributed by atoms with Crippen LogP contribution < -0.4 is 4.74 Å². The minimum Gasteiger partial charge on any atom is -0.493 e. The van der Waals surface area contributed by atoms with Gasteiger partial charge in [0.05, 0.1) is 18.7 Å². The number of carbonyl (C=O) groups excluding carboxylic acids is 1. The number of carbonyl (C=O) groups is 1. The number of likely N-dealkylation sites (N-methyl/N-ethyl adjacent to an activating group) is 1. The molecule has 0 unspecified atom stereocenters. The molecule has 1 aromatic carbocycles. The summed E-state index contributed by atoms with van der Waals surface area (Å²) in [6.45, 7) is 7.90. The molecule has 4 nitrogen and oxygen atoms in total. The fourth-order valence-electron chi connectivity index (χ4n) is 2.19. The van der Waals surface area contributed by atoms with Crippen LogP contribution in [0.25, 0.3) is 0 Å². The van der Waals surface area contributed by atoms with Gasteiger partial charge < -0.3 is 9.64 Å². The molecule has 21 heavy (non-hydrogen) atoms. The van der Waals surface area contributed by atoms with E-state index in [1.54, 1.807) is 0 Å². The van der Waals surface area contributed by atoms with Gasteiger partial charge in [-0.25, -0.2) is 0 Å². The quantitative estimate of drug-likeness (QED) is 0.620. The lowest BCUT2D eigenvalue weighted by molar-refractivity contribution is 0.0921. The molecule has 0 amide bonds. The van der Waals surface area contributed by atoms with Crippen molar-refractivity contribution in [2.75, 3.05) is 46.9 Å². The van der Waals surface area contributed by atoms with Crippen molar-refractivity contribution in [2.24, 2.45) is 0 Å². The summed E-state index contributed by atoms with van der Waals surface area (Å²) >= 11 is 0. The van der Waals surface area contributed by atoms with Gasteiger partial charge in [-0.1, -0.05) is 19.1 Å². The fraction of sp³-hybridized carbons (Fsp3) is 0.588. The molecule has 0 fully saturated rings. The third-order valence-electron chi connectivity index (χ3n) is 3.26. The minimum absolute atomic E-state index is 0.131. The molecule has 118 valence electrons.